The van der Waals surface area contributed by atoms with Crippen molar-refractivity contribution >= 4 is 54.5 Å². The molecule has 0 fully saturated rings. The fraction of sp³-hybridized carbons (Fsp3) is 0. The zero-order chi connectivity index (χ0) is 20.3. The summed E-state index contributed by atoms with van der Waals surface area (Å²) in [7, 11) is -1.69. The molecule has 3 aromatic rings. The number of halogens is 1. The van der Waals surface area contributed by atoms with Crippen molar-refractivity contribution in [2.24, 2.45) is 0 Å². The average molecular weight is 434 g/mol. The zero-order valence-electron chi connectivity index (χ0n) is 14.5. The topological polar surface area (TPSA) is 151 Å². The van der Waals surface area contributed by atoms with E-state index in [-0.39, 0.29) is 29.5 Å². The molecule has 29 heavy (non-hydrogen) atoms. The highest BCUT2D eigenvalue weighted by molar-refractivity contribution is 7.79. The number of aromatic carboxylic acids is 3. The highest BCUT2D eigenvalue weighted by atomic mass is 35.5. The molecule has 3 heterocycles. The van der Waals surface area contributed by atoms with Gasteiger partial charge in [0.25, 0.3) is 0 Å². The number of hydrogen-bond acceptors (Lipinski definition) is 6. The van der Waals surface area contributed by atoms with Gasteiger partial charge in [-0.25, -0.2) is 29.3 Å². The van der Waals surface area contributed by atoms with Crippen LogP contribution in [0.3, 0.4) is 0 Å². The van der Waals surface area contributed by atoms with Gasteiger partial charge in [-0.3, -0.25) is 0 Å². The summed E-state index contributed by atoms with van der Waals surface area (Å²) in [6.45, 7) is 0. The third-order valence-corrected chi connectivity index (χ3v) is 5.67. The molecule has 3 N–H and O–H groups in total. The molecule has 0 aromatic carbocycles. The van der Waals surface area contributed by atoms with Crippen molar-refractivity contribution in [2.75, 3.05) is 0 Å². The fourth-order valence-electron chi connectivity index (χ4n) is 2.35. The van der Waals surface area contributed by atoms with Crippen molar-refractivity contribution in [1.29, 1.82) is 0 Å². The summed E-state index contributed by atoms with van der Waals surface area (Å²) in [5, 5.41) is 27.7. The third-order valence-electron chi connectivity index (χ3n) is 3.55. The lowest BCUT2D eigenvalue weighted by Gasteiger charge is -2.17. The monoisotopic (exact) mass is 433 g/mol. The smallest absolute Gasteiger partial charge is 0.354 e. The number of carboxylic acids is 3. The maximum Gasteiger partial charge on any atom is 0.354 e. The van der Waals surface area contributed by atoms with E-state index in [4.69, 9.17) is 0 Å². The van der Waals surface area contributed by atoms with Gasteiger partial charge in [0.1, 0.15) is 17.1 Å². The Balaban J connectivity index is 0.00000300. The van der Waals surface area contributed by atoms with Gasteiger partial charge < -0.3 is 15.3 Å². The Kier molecular flexibility index (Phi) is 6.93. The Morgan fingerprint density at radius 1 is 0.586 bits per heavy atom. The molecule has 0 amide bonds. The molecule has 0 radical (unpaired) electrons. The van der Waals surface area contributed by atoms with Gasteiger partial charge in [-0.1, -0.05) is 18.2 Å². The average Bonchev–Trinajstić information content (AvgIpc) is 2.69. The van der Waals surface area contributed by atoms with E-state index in [0.29, 0.717) is 16.3 Å². The molecule has 0 aliphatic carbocycles. The molecule has 3 aromatic heterocycles. The summed E-state index contributed by atoms with van der Waals surface area (Å²) in [5.41, 5.74) is 0.316. The van der Waals surface area contributed by atoms with Crippen molar-refractivity contribution in [3.8, 4) is 0 Å². The van der Waals surface area contributed by atoms with Crippen LogP contribution in [-0.2, 0) is 0 Å². The van der Waals surface area contributed by atoms with Crippen LogP contribution in [0.25, 0.3) is 0 Å². The number of pyridine rings is 3. The van der Waals surface area contributed by atoms with Crippen molar-refractivity contribution in [2.45, 2.75) is 0 Å². The maximum absolute atomic E-state index is 11.3. The van der Waals surface area contributed by atoms with E-state index in [1.165, 1.54) is 36.4 Å². The van der Waals surface area contributed by atoms with E-state index < -0.39 is 25.8 Å². The van der Waals surface area contributed by atoms with Crippen LogP contribution in [0.2, 0.25) is 0 Å². The molecule has 0 aliphatic heterocycles. The summed E-state index contributed by atoms with van der Waals surface area (Å²) in [6, 6.07) is 13.2. The minimum atomic E-state index is -1.69. The van der Waals surface area contributed by atoms with Gasteiger partial charge in [-0.15, -0.1) is 12.4 Å². The number of aromatic nitrogens is 3. The molecule has 0 bridgehead atoms. The number of rotatable bonds is 6. The van der Waals surface area contributed by atoms with E-state index in [9.17, 15) is 29.7 Å². The molecule has 0 saturated heterocycles. The van der Waals surface area contributed by atoms with E-state index in [1.807, 2.05) is 0 Å². The van der Waals surface area contributed by atoms with Gasteiger partial charge in [0.05, 0.1) is 16.3 Å². The molecule has 0 atom stereocenters. The maximum atomic E-state index is 11.3. The van der Waals surface area contributed by atoms with Crippen LogP contribution >= 0.6 is 20.3 Å². The van der Waals surface area contributed by atoms with Crippen molar-refractivity contribution < 1.29 is 29.7 Å². The van der Waals surface area contributed by atoms with Crippen LogP contribution in [0.5, 0.6) is 0 Å². The van der Waals surface area contributed by atoms with E-state index in [2.05, 4.69) is 15.0 Å². The van der Waals surface area contributed by atoms with Gasteiger partial charge in [0, 0.05) is 7.92 Å². The Morgan fingerprint density at radius 2 is 0.862 bits per heavy atom. The summed E-state index contributed by atoms with van der Waals surface area (Å²) in [4.78, 5) is 46.3. The summed E-state index contributed by atoms with van der Waals surface area (Å²) < 4.78 is 0. The van der Waals surface area contributed by atoms with Gasteiger partial charge >= 0.3 is 17.9 Å². The van der Waals surface area contributed by atoms with Crippen LogP contribution < -0.4 is 16.3 Å². The molecule has 0 saturated carbocycles. The van der Waals surface area contributed by atoms with E-state index >= 15 is 0 Å². The number of hydrogen-bond donors (Lipinski definition) is 3. The number of carbonyl (C=O) groups is 3. The standard InChI is InChI=1S/C18H12N3O6P.ClH/c22-16(23)10-4-1-7-13(19-10)28(14-8-2-5-11(20-14)17(24)25)15-9-3-6-12(21-15)18(26)27;/h1-9H,(H,22,23)(H,24,25)(H,26,27);1H. The Hall–Kier alpha value is -3.42. The minimum Gasteiger partial charge on any atom is -0.477 e. The van der Waals surface area contributed by atoms with E-state index in [1.54, 1.807) is 18.2 Å². The number of nitrogens with zero attached hydrogens (tertiary/aromatic N) is 3. The quantitative estimate of drug-likeness (QED) is 0.486. The van der Waals surface area contributed by atoms with Crippen LogP contribution in [0.1, 0.15) is 31.5 Å². The Bertz CT molecular complexity index is 958. The first-order chi connectivity index (χ1) is 13.4. The molecular formula is C18H13ClN3O6P. The van der Waals surface area contributed by atoms with Crippen LogP contribution in [0, 0.1) is 0 Å². The minimum absolute atomic E-state index is 0. The van der Waals surface area contributed by atoms with E-state index in [0.717, 1.165) is 0 Å². The largest absolute Gasteiger partial charge is 0.477 e. The van der Waals surface area contributed by atoms with Crippen LogP contribution in [-0.4, -0.2) is 48.2 Å². The van der Waals surface area contributed by atoms with Crippen LogP contribution in [0.15, 0.2) is 54.6 Å². The molecule has 11 heteroatoms. The second-order valence-corrected chi connectivity index (χ2v) is 7.44. The lowest BCUT2D eigenvalue weighted by Crippen LogP contribution is -2.29. The second kappa shape index (κ2) is 9.18. The summed E-state index contributed by atoms with van der Waals surface area (Å²) in [6.07, 6.45) is 0. The van der Waals surface area contributed by atoms with Crippen molar-refractivity contribution in [3.05, 3.63) is 71.7 Å². The second-order valence-electron chi connectivity index (χ2n) is 5.39. The Morgan fingerprint density at radius 3 is 1.10 bits per heavy atom. The Labute approximate surface area is 171 Å². The zero-order valence-corrected chi connectivity index (χ0v) is 16.2. The molecule has 0 spiro atoms. The molecule has 0 unspecified atom stereocenters. The molecular weight excluding hydrogens is 421 g/mol. The molecule has 3 rings (SSSR count). The predicted octanol–water partition coefficient (Wildman–Crippen LogP) is 1.15. The SMILES string of the molecule is Cl.O=C(O)c1cccc(P(c2cccc(C(=O)O)n2)c2cccc(C(=O)O)n2)n1. The molecule has 9 nitrogen and oxygen atoms in total. The highest BCUT2D eigenvalue weighted by Crippen LogP contribution is 2.30. The molecule has 148 valence electrons. The lowest BCUT2D eigenvalue weighted by molar-refractivity contribution is 0.0680. The lowest BCUT2D eigenvalue weighted by atomic mass is 10.3. The summed E-state index contributed by atoms with van der Waals surface area (Å²) >= 11 is 0. The first-order valence-electron chi connectivity index (χ1n) is 7.78. The highest BCUT2D eigenvalue weighted by Gasteiger charge is 2.24. The van der Waals surface area contributed by atoms with Gasteiger partial charge in [0.15, 0.2) is 0 Å². The summed E-state index contributed by atoms with van der Waals surface area (Å²) in [5.74, 6) is -3.68. The van der Waals surface area contributed by atoms with Gasteiger partial charge in [0.2, 0.25) is 0 Å². The molecule has 0 aliphatic rings. The third kappa shape index (κ3) is 4.90. The van der Waals surface area contributed by atoms with Gasteiger partial charge in [-0.05, 0) is 36.4 Å². The number of carboxylic acid groups (broad SMARTS) is 3. The van der Waals surface area contributed by atoms with Crippen LogP contribution in [0.4, 0.5) is 0 Å². The van der Waals surface area contributed by atoms with Crippen molar-refractivity contribution in [3.63, 3.8) is 0 Å². The van der Waals surface area contributed by atoms with Crippen molar-refractivity contribution in [1.82, 2.24) is 15.0 Å². The van der Waals surface area contributed by atoms with Gasteiger partial charge in [-0.2, -0.15) is 0 Å². The normalized spacial score (nSPS) is 10.2. The predicted molar refractivity (Wildman–Crippen MR) is 107 cm³/mol. The first kappa shape index (κ1) is 21.9. The fourth-order valence-corrected chi connectivity index (χ4v) is 4.39. The first-order valence-corrected chi connectivity index (χ1v) is 9.12.